The molecule has 1 fully saturated rings. The Balaban J connectivity index is 2.64. The van der Waals surface area contributed by atoms with Crippen LogP contribution in [0.25, 0.3) is 0 Å². The number of hydrogen-bond donors (Lipinski definition) is 2. The Labute approximate surface area is 168 Å². The highest BCUT2D eigenvalue weighted by molar-refractivity contribution is 5.84. The first kappa shape index (κ1) is 24.1. The van der Waals surface area contributed by atoms with Crippen molar-refractivity contribution in [2.45, 2.75) is 71.5 Å². The molecule has 1 saturated carbocycles. The Bertz CT molecular complexity index is 635. The monoisotopic (exact) mass is 390 g/mol. The highest BCUT2D eigenvalue weighted by Crippen LogP contribution is 2.34. The average Bonchev–Trinajstić information content (AvgIpc) is 2.93. The summed E-state index contributed by atoms with van der Waals surface area (Å²) >= 11 is 0. The topological polar surface area (TPSA) is 83.8 Å². The number of rotatable bonds is 10. The molecule has 5 nitrogen and oxygen atoms in total. The van der Waals surface area contributed by atoms with Gasteiger partial charge in [-0.1, -0.05) is 38.2 Å². The maximum absolute atomic E-state index is 12.3. The lowest BCUT2D eigenvalue weighted by Crippen LogP contribution is -2.28. The molecule has 0 radical (unpaired) electrons. The van der Waals surface area contributed by atoms with Crippen molar-refractivity contribution in [3.63, 3.8) is 0 Å². The summed E-state index contributed by atoms with van der Waals surface area (Å²) in [6.45, 7) is 5.65. The number of esters is 1. The second-order valence-corrected chi connectivity index (χ2v) is 8.02. The van der Waals surface area contributed by atoms with Crippen LogP contribution >= 0.6 is 0 Å². The quantitative estimate of drug-likeness (QED) is 0.259. The standard InChI is InChI=1S/C23H34O5/c1-5-6-15-23(2,3)21(26)14-13-18-17(19(24)16-20(18)25)11-9-7-8-10-12-22(27)28-4/h7,9,13-14,17-18,20-21,25-26H,8,10-12,15-16H2,1-4H3/b9-7-,14-13+/t17-,18-,20-,21-/m1/s1. The van der Waals surface area contributed by atoms with Gasteiger partial charge in [0.05, 0.1) is 19.3 Å². The zero-order valence-electron chi connectivity index (χ0n) is 17.5. The van der Waals surface area contributed by atoms with Crippen LogP contribution < -0.4 is 0 Å². The van der Waals surface area contributed by atoms with Crippen molar-refractivity contribution in [1.29, 1.82) is 0 Å². The van der Waals surface area contributed by atoms with Crippen LogP contribution in [0.1, 0.15) is 59.3 Å². The van der Waals surface area contributed by atoms with Crippen molar-refractivity contribution < 1.29 is 24.5 Å². The minimum Gasteiger partial charge on any atom is -0.469 e. The Morgan fingerprint density at radius 3 is 2.75 bits per heavy atom. The smallest absolute Gasteiger partial charge is 0.305 e. The second kappa shape index (κ2) is 11.8. The molecular weight excluding hydrogens is 356 g/mol. The van der Waals surface area contributed by atoms with Gasteiger partial charge in [-0.15, -0.1) is 11.8 Å². The van der Waals surface area contributed by atoms with Crippen LogP contribution in [0.15, 0.2) is 24.3 Å². The predicted octanol–water partition coefficient (Wildman–Crippen LogP) is 3.20. The summed E-state index contributed by atoms with van der Waals surface area (Å²) in [6.07, 6.45) is 9.05. The number of carbonyl (C=O) groups excluding carboxylic acids is 2. The van der Waals surface area contributed by atoms with E-state index in [-0.39, 0.29) is 30.0 Å². The molecule has 1 aliphatic carbocycles. The van der Waals surface area contributed by atoms with Crippen molar-refractivity contribution in [3.05, 3.63) is 24.3 Å². The third kappa shape index (κ3) is 7.61. The van der Waals surface area contributed by atoms with Crippen molar-refractivity contribution in [2.75, 3.05) is 7.11 Å². The zero-order valence-corrected chi connectivity index (χ0v) is 17.5. The molecule has 0 heterocycles. The lowest BCUT2D eigenvalue weighted by molar-refractivity contribution is -0.140. The van der Waals surface area contributed by atoms with E-state index >= 15 is 0 Å². The number of methoxy groups -OCH3 is 1. The van der Waals surface area contributed by atoms with Crippen LogP contribution in [0.5, 0.6) is 0 Å². The summed E-state index contributed by atoms with van der Waals surface area (Å²) in [6, 6.07) is 0. The fraction of sp³-hybridized carbons (Fsp3) is 0.652. The molecule has 5 heteroatoms. The highest BCUT2D eigenvalue weighted by Gasteiger charge is 2.39. The van der Waals surface area contributed by atoms with Crippen molar-refractivity contribution >= 4 is 11.8 Å². The Morgan fingerprint density at radius 2 is 2.11 bits per heavy atom. The summed E-state index contributed by atoms with van der Waals surface area (Å²) in [5, 5.41) is 20.7. The van der Waals surface area contributed by atoms with Crippen LogP contribution in [0.3, 0.4) is 0 Å². The number of ketones is 1. The van der Waals surface area contributed by atoms with E-state index in [9.17, 15) is 19.8 Å². The lowest BCUT2D eigenvalue weighted by atomic mass is 9.82. The van der Waals surface area contributed by atoms with Crippen molar-refractivity contribution in [2.24, 2.45) is 17.3 Å². The summed E-state index contributed by atoms with van der Waals surface area (Å²) < 4.78 is 4.60. The highest BCUT2D eigenvalue weighted by atomic mass is 16.5. The van der Waals surface area contributed by atoms with E-state index in [0.717, 1.165) is 6.42 Å². The lowest BCUT2D eigenvalue weighted by Gasteiger charge is -2.27. The van der Waals surface area contributed by atoms with E-state index < -0.39 is 17.6 Å². The summed E-state index contributed by atoms with van der Waals surface area (Å²) in [7, 11) is 1.37. The summed E-state index contributed by atoms with van der Waals surface area (Å²) in [5.41, 5.74) is -0.401. The fourth-order valence-corrected chi connectivity index (χ4v) is 3.27. The van der Waals surface area contributed by atoms with Gasteiger partial charge in [0.2, 0.25) is 0 Å². The summed E-state index contributed by atoms with van der Waals surface area (Å²) in [4.78, 5) is 23.3. The van der Waals surface area contributed by atoms with Crippen molar-refractivity contribution in [3.8, 4) is 11.8 Å². The van der Waals surface area contributed by atoms with Gasteiger partial charge in [-0.25, -0.2) is 0 Å². The molecule has 0 amide bonds. The van der Waals surface area contributed by atoms with Crippen LogP contribution in [0.4, 0.5) is 0 Å². The number of carbonyl (C=O) groups is 2. The maximum atomic E-state index is 12.3. The normalized spacial score (nSPS) is 23.8. The molecule has 0 saturated heterocycles. The van der Waals surface area contributed by atoms with E-state index in [1.54, 1.807) is 19.1 Å². The van der Waals surface area contributed by atoms with Gasteiger partial charge in [-0.2, -0.15) is 0 Å². The van der Waals surface area contributed by atoms with E-state index in [4.69, 9.17) is 0 Å². The number of aliphatic hydroxyl groups is 2. The van der Waals surface area contributed by atoms with Gasteiger partial charge in [0, 0.05) is 36.5 Å². The molecule has 1 rings (SSSR count). The van der Waals surface area contributed by atoms with E-state index in [1.165, 1.54) is 7.11 Å². The SMILES string of the molecule is CC#CCC(C)(C)[C@H](O)/C=C/[C@H]1[C@H](O)CC(=O)[C@@H]1C/C=C\CCCC(=O)OC. The van der Waals surface area contributed by atoms with Crippen LogP contribution in [0, 0.1) is 29.1 Å². The third-order valence-corrected chi connectivity index (χ3v) is 5.31. The molecule has 0 aromatic heterocycles. The number of aliphatic hydroxyl groups excluding tert-OH is 2. The number of unbranched alkanes of at least 4 members (excludes halogenated alkanes) is 1. The zero-order chi connectivity index (χ0) is 21.2. The van der Waals surface area contributed by atoms with Crippen LogP contribution in [0.2, 0.25) is 0 Å². The predicted molar refractivity (Wildman–Crippen MR) is 109 cm³/mol. The molecule has 28 heavy (non-hydrogen) atoms. The molecule has 0 aliphatic heterocycles. The first-order valence-corrected chi connectivity index (χ1v) is 9.91. The molecule has 0 unspecified atom stereocenters. The van der Waals surface area contributed by atoms with E-state index in [0.29, 0.717) is 25.7 Å². The second-order valence-electron chi connectivity index (χ2n) is 8.02. The largest absolute Gasteiger partial charge is 0.469 e. The Hall–Kier alpha value is -1.90. The molecule has 0 aromatic rings. The van der Waals surface area contributed by atoms with Crippen LogP contribution in [-0.4, -0.2) is 41.3 Å². The maximum Gasteiger partial charge on any atom is 0.305 e. The van der Waals surface area contributed by atoms with Crippen molar-refractivity contribution in [1.82, 2.24) is 0 Å². The first-order valence-electron chi connectivity index (χ1n) is 9.91. The number of ether oxygens (including phenoxy) is 1. The molecule has 0 bridgehead atoms. The molecule has 0 spiro atoms. The van der Waals surface area contributed by atoms with Gasteiger partial charge in [0.15, 0.2) is 0 Å². The number of allylic oxidation sites excluding steroid dienone is 2. The molecule has 156 valence electrons. The minimum absolute atomic E-state index is 0.0481. The number of Topliss-reactive ketones (excluding diaryl/α,β-unsaturated/α-hetero) is 1. The molecule has 2 N–H and O–H groups in total. The van der Waals surface area contributed by atoms with Gasteiger partial charge in [-0.3, -0.25) is 9.59 Å². The molecule has 4 atom stereocenters. The fourth-order valence-electron chi connectivity index (χ4n) is 3.27. The third-order valence-electron chi connectivity index (χ3n) is 5.31. The van der Waals surface area contributed by atoms with Gasteiger partial charge >= 0.3 is 5.97 Å². The van der Waals surface area contributed by atoms with E-state index in [2.05, 4.69) is 16.6 Å². The Kier molecular flexibility index (Phi) is 10.2. The van der Waals surface area contributed by atoms with Gasteiger partial charge in [0.25, 0.3) is 0 Å². The number of hydrogen-bond acceptors (Lipinski definition) is 5. The van der Waals surface area contributed by atoms with Gasteiger partial charge in [0.1, 0.15) is 5.78 Å². The molecule has 1 aliphatic rings. The van der Waals surface area contributed by atoms with E-state index in [1.807, 2.05) is 26.0 Å². The average molecular weight is 391 g/mol. The van der Waals surface area contributed by atoms with Crippen LogP contribution in [-0.2, 0) is 14.3 Å². The summed E-state index contributed by atoms with van der Waals surface area (Å²) in [5.74, 6) is 5.08. The molecular formula is C23H34O5. The molecule has 0 aromatic carbocycles. The minimum atomic E-state index is -0.716. The van der Waals surface area contributed by atoms with Gasteiger partial charge < -0.3 is 14.9 Å². The Morgan fingerprint density at radius 1 is 1.39 bits per heavy atom. The first-order chi connectivity index (χ1) is 13.2. The van der Waals surface area contributed by atoms with Gasteiger partial charge in [-0.05, 0) is 26.2 Å².